The number of amides is 2. The molecule has 0 bridgehead atoms. The Morgan fingerprint density at radius 1 is 1.70 bits per heavy atom. The van der Waals surface area contributed by atoms with E-state index >= 15 is 0 Å². The molecule has 0 unspecified atom stereocenters. The minimum atomic E-state index is -0.670. The summed E-state index contributed by atoms with van der Waals surface area (Å²) >= 11 is 0. The molecular weight excluding hydrogens is 136 g/mol. The number of hydrogen-bond donors (Lipinski definition) is 2. The van der Waals surface area contributed by atoms with Gasteiger partial charge in [0.1, 0.15) is 12.0 Å². The second-order valence-electron chi connectivity index (χ2n) is 1.40. The van der Waals surface area contributed by atoms with E-state index in [4.69, 9.17) is 5.73 Å². The van der Waals surface area contributed by atoms with Gasteiger partial charge in [-0.15, -0.1) is 0 Å². The lowest BCUT2D eigenvalue weighted by Crippen LogP contribution is -2.27. The standard InChI is InChI=1S/C5H8N2O3/c1-10-2-4(6)5(9)7-3-8/h2-3H,6H2,1H3,(H,7,8,9)/b4-2+. The maximum absolute atomic E-state index is 10.5. The van der Waals surface area contributed by atoms with E-state index in [0.29, 0.717) is 0 Å². The maximum atomic E-state index is 10.5. The van der Waals surface area contributed by atoms with Crippen LogP contribution in [0, 0.1) is 0 Å². The van der Waals surface area contributed by atoms with Gasteiger partial charge < -0.3 is 10.5 Å². The number of carbonyl (C=O) groups is 2. The minimum Gasteiger partial charge on any atom is -0.502 e. The lowest BCUT2D eigenvalue weighted by Gasteiger charge is -1.95. The van der Waals surface area contributed by atoms with Crippen molar-refractivity contribution in [2.75, 3.05) is 7.11 Å². The van der Waals surface area contributed by atoms with Crippen molar-refractivity contribution in [2.24, 2.45) is 5.73 Å². The Kier molecular flexibility index (Phi) is 3.70. The fourth-order valence-corrected chi connectivity index (χ4v) is 0.317. The summed E-state index contributed by atoms with van der Waals surface area (Å²) in [6.45, 7) is 0. The van der Waals surface area contributed by atoms with E-state index in [2.05, 4.69) is 4.74 Å². The summed E-state index contributed by atoms with van der Waals surface area (Å²) in [6, 6.07) is 0. The molecule has 2 amide bonds. The Balaban J connectivity index is 3.93. The average Bonchev–Trinajstić information content (AvgIpc) is 1.89. The van der Waals surface area contributed by atoms with E-state index in [0.717, 1.165) is 6.26 Å². The second-order valence-corrected chi connectivity index (χ2v) is 1.40. The lowest BCUT2D eigenvalue weighted by atomic mass is 10.5. The molecule has 0 rings (SSSR count). The van der Waals surface area contributed by atoms with Gasteiger partial charge in [-0.05, 0) is 0 Å². The van der Waals surface area contributed by atoms with E-state index in [9.17, 15) is 9.59 Å². The van der Waals surface area contributed by atoms with Crippen LogP contribution in [0.25, 0.3) is 0 Å². The molecule has 56 valence electrons. The van der Waals surface area contributed by atoms with Crippen LogP contribution in [0.4, 0.5) is 0 Å². The molecule has 10 heavy (non-hydrogen) atoms. The summed E-state index contributed by atoms with van der Waals surface area (Å²) in [4.78, 5) is 20.2. The number of nitrogens with one attached hydrogen (secondary N) is 1. The summed E-state index contributed by atoms with van der Waals surface area (Å²) in [6.07, 6.45) is 1.29. The number of nitrogens with two attached hydrogens (primary N) is 1. The first-order valence-corrected chi connectivity index (χ1v) is 2.45. The highest BCUT2D eigenvalue weighted by Gasteiger charge is 2.01. The van der Waals surface area contributed by atoms with Crippen molar-refractivity contribution in [1.29, 1.82) is 0 Å². The average molecular weight is 144 g/mol. The predicted molar refractivity (Wildman–Crippen MR) is 33.5 cm³/mol. The summed E-state index contributed by atoms with van der Waals surface area (Å²) in [5, 5.41) is 1.84. The molecule has 0 saturated carbocycles. The molecule has 0 aromatic heterocycles. The van der Waals surface area contributed by atoms with Crippen molar-refractivity contribution in [3.8, 4) is 0 Å². The number of carbonyl (C=O) groups excluding carboxylic acids is 2. The SMILES string of the molecule is CO/C=C(/N)C(=O)NC=O. The van der Waals surface area contributed by atoms with Crippen LogP contribution in [0.3, 0.4) is 0 Å². The van der Waals surface area contributed by atoms with Crippen LogP contribution < -0.4 is 11.1 Å². The third kappa shape index (κ3) is 2.71. The van der Waals surface area contributed by atoms with E-state index in [1.165, 1.54) is 7.11 Å². The first-order chi connectivity index (χ1) is 4.72. The van der Waals surface area contributed by atoms with E-state index in [1.54, 1.807) is 0 Å². The van der Waals surface area contributed by atoms with Gasteiger partial charge in [-0.1, -0.05) is 0 Å². The normalized spacial score (nSPS) is 10.3. The smallest absolute Gasteiger partial charge is 0.276 e. The quantitative estimate of drug-likeness (QED) is 0.293. The fourth-order valence-electron chi connectivity index (χ4n) is 0.317. The highest BCUT2D eigenvalue weighted by atomic mass is 16.5. The molecule has 0 radical (unpaired) electrons. The molecule has 5 heteroatoms. The maximum Gasteiger partial charge on any atom is 0.276 e. The van der Waals surface area contributed by atoms with Gasteiger partial charge in [-0.3, -0.25) is 14.9 Å². The molecule has 0 atom stereocenters. The van der Waals surface area contributed by atoms with Crippen molar-refractivity contribution in [3.63, 3.8) is 0 Å². The molecule has 0 aromatic rings. The largest absolute Gasteiger partial charge is 0.502 e. The molecule has 0 aromatic carbocycles. The number of imide groups is 1. The molecule has 0 heterocycles. The van der Waals surface area contributed by atoms with E-state index < -0.39 is 5.91 Å². The monoisotopic (exact) mass is 144 g/mol. The summed E-state index contributed by atoms with van der Waals surface area (Å²) < 4.78 is 4.41. The molecule has 3 N–H and O–H groups in total. The molecule has 0 fully saturated rings. The van der Waals surface area contributed by atoms with Crippen LogP contribution in [-0.4, -0.2) is 19.4 Å². The van der Waals surface area contributed by atoms with Gasteiger partial charge in [-0.25, -0.2) is 0 Å². The molecule has 0 aliphatic rings. The number of hydrogen-bond acceptors (Lipinski definition) is 4. The highest BCUT2D eigenvalue weighted by molar-refractivity contribution is 5.98. The molecule has 0 aliphatic carbocycles. The zero-order valence-electron chi connectivity index (χ0n) is 5.46. The van der Waals surface area contributed by atoms with Gasteiger partial charge in [0, 0.05) is 0 Å². The highest BCUT2D eigenvalue weighted by Crippen LogP contribution is 1.81. The van der Waals surface area contributed by atoms with E-state index in [-0.39, 0.29) is 12.1 Å². The zero-order valence-corrected chi connectivity index (χ0v) is 5.46. The topological polar surface area (TPSA) is 81.4 Å². The van der Waals surface area contributed by atoms with Crippen molar-refractivity contribution in [3.05, 3.63) is 12.0 Å². The molecular formula is C5H8N2O3. The van der Waals surface area contributed by atoms with Crippen LogP contribution in [-0.2, 0) is 14.3 Å². The Bertz CT molecular complexity index is 164. The Morgan fingerprint density at radius 3 is 2.70 bits per heavy atom. The van der Waals surface area contributed by atoms with Gasteiger partial charge in [0.25, 0.3) is 5.91 Å². The zero-order chi connectivity index (χ0) is 7.98. The van der Waals surface area contributed by atoms with Gasteiger partial charge >= 0.3 is 0 Å². The van der Waals surface area contributed by atoms with Gasteiger partial charge in [0.2, 0.25) is 6.41 Å². The number of rotatable bonds is 3. The first-order valence-electron chi connectivity index (χ1n) is 2.45. The van der Waals surface area contributed by atoms with Crippen molar-refractivity contribution < 1.29 is 14.3 Å². The Labute approximate surface area is 57.8 Å². The third-order valence-electron chi connectivity index (χ3n) is 0.697. The first kappa shape index (κ1) is 8.48. The van der Waals surface area contributed by atoms with Crippen LogP contribution in [0.5, 0.6) is 0 Å². The Morgan fingerprint density at radius 2 is 2.30 bits per heavy atom. The summed E-state index contributed by atoms with van der Waals surface area (Å²) in [5.74, 6) is -0.670. The van der Waals surface area contributed by atoms with Gasteiger partial charge in [-0.2, -0.15) is 0 Å². The van der Waals surface area contributed by atoms with Gasteiger partial charge in [0.05, 0.1) is 7.11 Å². The fraction of sp³-hybridized carbons (Fsp3) is 0.200. The summed E-state index contributed by atoms with van der Waals surface area (Å²) in [7, 11) is 1.35. The molecule has 5 nitrogen and oxygen atoms in total. The van der Waals surface area contributed by atoms with Crippen LogP contribution in [0.15, 0.2) is 12.0 Å². The summed E-state index contributed by atoms with van der Waals surface area (Å²) in [5.41, 5.74) is 4.94. The van der Waals surface area contributed by atoms with Gasteiger partial charge in [0.15, 0.2) is 0 Å². The molecule has 0 aliphatic heterocycles. The van der Waals surface area contributed by atoms with Crippen molar-refractivity contribution >= 4 is 12.3 Å². The van der Waals surface area contributed by atoms with E-state index in [1.807, 2.05) is 5.32 Å². The van der Waals surface area contributed by atoms with Crippen LogP contribution in [0.2, 0.25) is 0 Å². The Hall–Kier alpha value is -1.52. The van der Waals surface area contributed by atoms with Crippen molar-refractivity contribution in [2.45, 2.75) is 0 Å². The number of ether oxygens (including phenoxy) is 1. The lowest BCUT2D eigenvalue weighted by molar-refractivity contribution is -0.122. The van der Waals surface area contributed by atoms with Crippen LogP contribution >= 0.6 is 0 Å². The minimum absolute atomic E-state index is 0.144. The molecule has 0 saturated heterocycles. The predicted octanol–water partition coefficient (Wildman–Crippen LogP) is -1.29. The van der Waals surface area contributed by atoms with Crippen LogP contribution in [0.1, 0.15) is 0 Å². The third-order valence-corrected chi connectivity index (χ3v) is 0.697. The molecule has 0 spiro atoms. The number of methoxy groups -OCH3 is 1. The van der Waals surface area contributed by atoms with Crippen molar-refractivity contribution in [1.82, 2.24) is 5.32 Å². The second kappa shape index (κ2) is 4.37.